The van der Waals surface area contributed by atoms with Crippen LogP contribution in [-0.4, -0.2) is 57.0 Å². The molecule has 0 spiro atoms. The second-order valence-electron chi connectivity index (χ2n) is 5.76. The largest absolute Gasteiger partial charge is 0.385 e. The Kier molecular flexibility index (Phi) is 6.12. The van der Waals surface area contributed by atoms with Crippen LogP contribution in [0.3, 0.4) is 0 Å². The second-order valence-corrected chi connectivity index (χ2v) is 7.99. The van der Waals surface area contributed by atoms with Crippen molar-refractivity contribution in [2.24, 2.45) is 0 Å². The maximum Gasteiger partial charge on any atom is 0.227 e. The average Bonchev–Trinajstić information content (AvgIpc) is 2.86. The lowest BCUT2D eigenvalue weighted by molar-refractivity contribution is -0.132. The molecule has 1 saturated heterocycles. The molecule has 1 fully saturated rings. The van der Waals surface area contributed by atoms with Gasteiger partial charge in [-0.15, -0.1) is 0 Å². The molecular formula is C16H22FNO4S. The van der Waals surface area contributed by atoms with Gasteiger partial charge in [-0.2, -0.15) is 0 Å². The van der Waals surface area contributed by atoms with E-state index in [0.29, 0.717) is 31.6 Å². The van der Waals surface area contributed by atoms with E-state index in [1.807, 2.05) is 0 Å². The normalized spacial score (nSPS) is 19.7. The van der Waals surface area contributed by atoms with E-state index in [1.165, 1.54) is 6.07 Å². The number of methoxy groups -OCH3 is 1. The Bertz CT molecular complexity index is 647. The zero-order chi connectivity index (χ0) is 16.9. The molecule has 1 heterocycles. The molecule has 0 aromatic heterocycles. The number of hydrogen-bond acceptors (Lipinski definition) is 4. The number of ether oxygens (including phenoxy) is 1. The molecule has 0 bridgehead atoms. The summed E-state index contributed by atoms with van der Waals surface area (Å²) in [5.74, 6) is -0.570. The number of carbonyl (C=O) groups is 1. The molecule has 1 atom stereocenters. The highest BCUT2D eigenvalue weighted by molar-refractivity contribution is 7.91. The highest BCUT2D eigenvalue weighted by Gasteiger charge is 2.34. The van der Waals surface area contributed by atoms with Crippen molar-refractivity contribution in [3.05, 3.63) is 35.6 Å². The zero-order valence-corrected chi connectivity index (χ0v) is 14.0. The minimum atomic E-state index is -3.08. The Morgan fingerprint density at radius 2 is 2.13 bits per heavy atom. The van der Waals surface area contributed by atoms with E-state index in [-0.39, 0.29) is 29.9 Å². The van der Waals surface area contributed by atoms with Gasteiger partial charge >= 0.3 is 0 Å². The van der Waals surface area contributed by atoms with Crippen LogP contribution in [0.25, 0.3) is 0 Å². The molecule has 0 aliphatic carbocycles. The Morgan fingerprint density at radius 3 is 2.74 bits per heavy atom. The first kappa shape index (κ1) is 17.9. The van der Waals surface area contributed by atoms with Crippen LogP contribution >= 0.6 is 0 Å². The van der Waals surface area contributed by atoms with E-state index in [4.69, 9.17) is 4.74 Å². The molecule has 2 rings (SSSR count). The van der Waals surface area contributed by atoms with Gasteiger partial charge in [-0.25, -0.2) is 12.8 Å². The molecule has 0 saturated carbocycles. The number of halogens is 1. The minimum Gasteiger partial charge on any atom is -0.385 e. The van der Waals surface area contributed by atoms with Crippen LogP contribution in [0.1, 0.15) is 18.4 Å². The first-order chi connectivity index (χ1) is 10.9. The van der Waals surface area contributed by atoms with Crippen LogP contribution in [0, 0.1) is 5.82 Å². The SMILES string of the molecule is COCCCN(C(=O)Cc1ccccc1F)[C@H]1CCS(=O)(=O)C1. The highest BCUT2D eigenvalue weighted by atomic mass is 32.2. The highest BCUT2D eigenvalue weighted by Crippen LogP contribution is 2.20. The Labute approximate surface area is 136 Å². The van der Waals surface area contributed by atoms with E-state index in [2.05, 4.69) is 0 Å². The van der Waals surface area contributed by atoms with Gasteiger partial charge in [-0.1, -0.05) is 18.2 Å². The van der Waals surface area contributed by atoms with Crippen LogP contribution in [-0.2, 0) is 25.8 Å². The van der Waals surface area contributed by atoms with Crippen LogP contribution in [0.5, 0.6) is 0 Å². The smallest absolute Gasteiger partial charge is 0.227 e. The first-order valence-electron chi connectivity index (χ1n) is 7.65. The van der Waals surface area contributed by atoms with E-state index in [0.717, 1.165) is 0 Å². The summed E-state index contributed by atoms with van der Waals surface area (Å²) in [6.45, 7) is 0.907. The number of nitrogens with zero attached hydrogens (tertiary/aromatic N) is 1. The lowest BCUT2D eigenvalue weighted by Gasteiger charge is -2.28. The third kappa shape index (κ3) is 5.00. The van der Waals surface area contributed by atoms with Gasteiger partial charge < -0.3 is 9.64 Å². The van der Waals surface area contributed by atoms with Crippen LogP contribution in [0.4, 0.5) is 4.39 Å². The predicted molar refractivity (Wildman–Crippen MR) is 85.4 cm³/mol. The van der Waals surface area contributed by atoms with Gasteiger partial charge in [0.05, 0.1) is 17.9 Å². The molecule has 0 unspecified atom stereocenters. The number of carbonyl (C=O) groups excluding carboxylic acids is 1. The van der Waals surface area contributed by atoms with Crippen molar-refractivity contribution >= 4 is 15.7 Å². The molecule has 1 aromatic carbocycles. The monoisotopic (exact) mass is 343 g/mol. The number of rotatable bonds is 7. The van der Waals surface area contributed by atoms with Crippen molar-refractivity contribution in [2.75, 3.05) is 31.8 Å². The van der Waals surface area contributed by atoms with Crippen LogP contribution < -0.4 is 0 Å². The molecule has 1 aliphatic heterocycles. The van der Waals surface area contributed by atoms with Gasteiger partial charge in [0, 0.05) is 26.3 Å². The van der Waals surface area contributed by atoms with Crippen molar-refractivity contribution < 1.29 is 22.3 Å². The second kappa shape index (κ2) is 7.88. The van der Waals surface area contributed by atoms with Crippen molar-refractivity contribution in [2.45, 2.75) is 25.3 Å². The van der Waals surface area contributed by atoms with Crippen molar-refractivity contribution in [1.82, 2.24) is 4.90 Å². The molecule has 5 nitrogen and oxygen atoms in total. The summed E-state index contributed by atoms with van der Waals surface area (Å²) in [7, 11) is -1.51. The van der Waals surface area contributed by atoms with Crippen LogP contribution in [0.15, 0.2) is 24.3 Å². The fraction of sp³-hybridized carbons (Fsp3) is 0.562. The topological polar surface area (TPSA) is 63.7 Å². The van der Waals surface area contributed by atoms with Crippen molar-refractivity contribution in [1.29, 1.82) is 0 Å². The van der Waals surface area contributed by atoms with E-state index in [1.54, 1.807) is 30.2 Å². The molecule has 7 heteroatoms. The van der Waals surface area contributed by atoms with Crippen molar-refractivity contribution in [3.63, 3.8) is 0 Å². The van der Waals surface area contributed by atoms with E-state index < -0.39 is 15.7 Å². The Hall–Kier alpha value is -1.47. The quantitative estimate of drug-likeness (QED) is 0.703. The van der Waals surface area contributed by atoms with Gasteiger partial charge in [0.25, 0.3) is 0 Å². The average molecular weight is 343 g/mol. The molecule has 0 N–H and O–H groups in total. The zero-order valence-electron chi connectivity index (χ0n) is 13.2. The lowest BCUT2D eigenvalue weighted by Crippen LogP contribution is -2.43. The number of amides is 1. The summed E-state index contributed by atoms with van der Waals surface area (Å²) in [6, 6.07) is 5.82. The third-order valence-electron chi connectivity index (χ3n) is 4.02. The van der Waals surface area contributed by atoms with E-state index >= 15 is 0 Å². The lowest BCUT2D eigenvalue weighted by atomic mass is 10.1. The molecule has 0 radical (unpaired) electrons. The Balaban J connectivity index is 2.09. The third-order valence-corrected chi connectivity index (χ3v) is 5.77. The first-order valence-corrected chi connectivity index (χ1v) is 9.47. The number of sulfone groups is 1. The Morgan fingerprint density at radius 1 is 1.39 bits per heavy atom. The molecule has 1 aliphatic rings. The van der Waals surface area contributed by atoms with Gasteiger partial charge in [-0.05, 0) is 24.5 Å². The molecule has 1 amide bonds. The summed E-state index contributed by atoms with van der Waals surface area (Å²) in [4.78, 5) is 14.2. The minimum absolute atomic E-state index is 0.0109. The molecule has 23 heavy (non-hydrogen) atoms. The van der Waals surface area contributed by atoms with E-state index in [9.17, 15) is 17.6 Å². The van der Waals surface area contributed by atoms with Gasteiger partial charge in [-0.3, -0.25) is 4.79 Å². The molecule has 1 aromatic rings. The standard InChI is InChI=1S/C16H22FNO4S/c1-22-9-4-8-18(14-7-10-23(20,21)12-14)16(19)11-13-5-2-3-6-15(13)17/h2-3,5-6,14H,4,7-12H2,1H3/t14-/m0/s1. The van der Waals surface area contributed by atoms with Crippen LogP contribution in [0.2, 0.25) is 0 Å². The molecule has 128 valence electrons. The van der Waals surface area contributed by atoms with Gasteiger partial charge in [0.15, 0.2) is 9.84 Å². The maximum absolute atomic E-state index is 13.7. The maximum atomic E-state index is 13.7. The number of hydrogen-bond donors (Lipinski definition) is 0. The summed E-state index contributed by atoms with van der Waals surface area (Å²) in [6.07, 6.45) is 1.00. The summed E-state index contributed by atoms with van der Waals surface area (Å²) >= 11 is 0. The van der Waals surface area contributed by atoms with Crippen molar-refractivity contribution in [3.8, 4) is 0 Å². The fourth-order valence-electron chi connectivity index (χ4n) is 2.82. The summed E-state index contributed by atoms with van der Waals surface area (Å²) in [5.41, 5.74) is 0.329. The van der Waals surface area contributed by atoms with Gasteiger partial charge in [0.2, 0.25) is 5.91 Å². The molecular weight excluding hydrogens is 321 g/mol. The summed E-state index contributed by atoms with van der Waals surface area (Å²) in [5, 5.41) is 0. The fourth-order valence-corrected chi connectivity index (χ4v) is 4.55. The summed E-state index contributed by atoms with van der Waals surface area (Å²) < 4.78 is 42.1. The predicted octanol–water partition coefficient (Wildman–Crippen LogP) is 1.42. The number of benzene rings is 1. The van der Waals surface area contributed by atoms with Gasteiger partial charge in [0.1, 0.15) is 5.82 Å².